The number of fused-ring (bicyclic) bond motifs is 2. The lowest BCUT2D eigenvalue weighted by molar-refractivity contribution is 0.0953. The van der Waals surface area contributed by atoms with Crippen molar-refractivity contribution in [1.82, 2.24) is 19.3 Å². The Morgan fingerprint density at radius 3 is 2.88 bits per heavy atom. The molecule has 1 amide bonds. The smallest absolute Gasteiger partial charge is 0.267 e. The highest BCUT2D eigenvalue weighted by molar-refractivity contribution is 5.98. The highest BCUT2D eigenvalue weighted by Crippen LogP contribution is 2.18. The van der Waals surface area contributed by atoms with E-state index >= 15 is 0 Å². The highest BCUT2D eigenvalue weighted by Gasteiger charge is 2.19. The van der Waals surface area contributed by atoms with Crippen molar-refractivity contribution in [3.63, 3.8) is 0 Å². The van der Waals surface area contributed by atoms with Crippen molar-refractivity contribution < 1.29 is 9.53 Å². The van der Waals surface area contributed by atoms with Crippen LogP contribution in [0.15, 0.2) is 29.2 Å². The molecular weight excluding hydrogens is 308 g/mol. The van der Waals surface area contributed by atoms with Crippen LogP contribution in [0.5, 0.6) is 0 Å². The molecule has 0 atom stereocenters. The molecule has 24 heavy (non-hydrogen) atoms. The summed E-state index contributed by atoms with van der Waals surface area (Å²) in [4.78, 5) is 29.7. The molecule has 7 nitrogen and oxygen atoms in total. The fraction of sp³-hybridized carbons (Fsp3) is 0.353. The van der Waals surface area contributed by atoms with E-state index < -0.39 is 0 Å². The topological polar surface area (TPSA) is 77.6 Å². The first-order chi connectivity index (χ1) is 11.6. The van der Waals surface area contributed by atoms with E-state index in [0.29, 0.717) is 35.5 Å². The summed E-state index contributed by atoms with van der Waals surface area (Å²) in [5, 5.41) is 3.06. The van der Waals surface area contributed by atoms with Gasteiger partial charge in [0.1, 0.15) is 17.0 Å². The summed E-state index contributed by atoms with van der Waals surface area (Å²) in [6.45, 7) is 3.03. The van der Waals surface area contributed by atoms with Crippen LogP contribution in [0, 0.1) is 6.92 Å². The van der Waals surface area contributed by atoms with Gasteiger partial charge in [0.15, 0.2) is 0 Å². The zero-order valence-corrected chi connectivity index (χ0v) is 14.0. The summed E-state index contributed by atoms with van der Waals surface area (Å²) in [5.74, 6) is -0.240. The van der Waals surface area contributed by atoms with Crippen LogP contribution in [-0.2, 0) is 11.3 Å². The maximum atomic E-state index is 12.8. The predicted octanol–water partition coefficient (Wildman–Crippen LogP) is 1.35. The fourth-order valence-corrected chi connectivity index (χ4v) is 2.87. The second-order valence-electron chi connectivity index (χ2n) is 5.65. The van der Waals surface area contributed by atoms with Crippen molar-refractivity contribution >= 4 is 22.6 Å². The zero-order valence-electron chi connectivity index (χ0n) is 14.0. The van der Waals surface area contributed by atoms with E-state index in [1.807, 2.05) is 19.1 Å². The van der Waals surface area contributed by atoms with Crippen LogP contribution in [-0.4, -0.2) is 40.6 Å². The standard InChI is InChI=1S/C17H20N4O3/c1-11-6-4-7-21-14(11)19-15-12(17(21)23)10-13(16(22)18-2)20(15)8-5-9-24-3/h4,6-7,10H,5,8-9H2,1-3H3,(H,18,22). The number of rotatable bonds is 5. The van der Waals surface area contributed by atoms with Gasteiger partial charge in [0.05, 0.1) is 5.39 Å². The molecule has 0 spiro atoms. The predicted molar refractivity (Wildman–Crippen MR) is 91.6 cm³/mol. The first kappa shape index (κ1) is 16.2. The van der Waals surface area contributed by atoms with Crippen molar-refractivity contribution in [3.05, 3.63) is 46.0 Å². The van der Waals surface area contributed by atoms with E-state index in [2.05, 4.69) is 10.3 Å². The maximum Gasteiger partial charge on any atom is 0.267 e. The van der Waals surface area contributed by atoms with Crippen molar-refractivity contribution in [1.29, 1.82) is 0 Å². The summed E-state index contributed by atoms with van der Waals surface area (Å²) < 4.78 is 8.40. The van der Waals surface area contributed by atoms with Crippen molar-refractivity contribution in [2.24, 2.45) is 0 Å². The summed E-state index contributed by atoms with van der Waals surface area (Å²) in [6.07, 6.45) is 2.41. The molecule has 0 saturated heterocycles. The molecular formula is C17H20N4O3. The first-order valence-corrected chi connectivity index (χ1v) is 7.80. The Labute approximate surface area is 138 Å². The van der Waals surface area contributed by atoms with Gasteiger partial charge in [0.2, 0.25) is 0 Å². The van der Waals surface area contributed by atoms with Crippen LogP contribution < -0.4 is 10.9 Å². The van der Waals surface area contributed by atoms with Gasteiger partial charge in [-0.2, -0.15) is 0 Å². The summed E-state index contributed by atoms with van der Waals surface area (Å²) >= 11 is 0. The van der Waals surface area contributed by atoms with Crippen LogP contribution in [0.2, 0.25) is 0 Å². The minimum atomic E-state index is -0.240. The van der Waals surface area contributed by atoms with Gasteiger partial charge in [0, 0.05) is 33.5 Å². The Hall–Kier alpha value is -2.67. The molecule has 3 aromatic rings. The number of carbonyl (C=O) groups excluding carboxylic acids is 1. The Balaban J connectivity index is 2.31. The normalized spacial score (nSPS) is 11.3. The van der Waals surface area contributed by atoms with E-state index in [1.54, 1.807) is 31.0 Å². The number of nitrogens with zero attached hydrogens (tertiary/aromatic N) is 3. The van der Waals surface area contributed by atoms with Gasteiger partial charge in [-0.3, -0.25) is 14.0 Å². The van der Waals surface area contributed by atoms with Gasteiger partial charge >= 0.3 is 0 Å². The van der Waals surface area contributed by atoms with Gasteiger partial charge in [-0.1, -0.05) is 6.07 Å². The van der Waals surface area contributed by atoms with Crippen molar-refractivity contribution in [2.45, 2.75) is 19.9 Å². The van der Waals surface area contributed by atoms with E-state index in [-0.39, 0.29) is 11.5 Å². The molecule has 1 N–H and O–H groups in total. The quantitative estimate of drug-likeness (QED) is 0.717. The zero-order chi connectivity index (χ0) is 17.3. The number of hydrogen-bond donors (Lipinski definition) is 1. The van der Waals surface area contributed by atoms with E-state index in [4.69, 9.17) is 4.74 Å². The molecule has 0 saturated carbocycles. The highest BCUT2D eigenvalue weighted by atomic mass is 16.5. The number of aromatic nitrogens is 3. The Kier molecular flexibility index (Phi) is 4.35. The lowest BCUT2D eigenvalue weighted by Crippen LogP contribution is -2.22. The minimum absolute atomic E-state index is 0.172. The third-order valence-electron chi connectivity index (χ3n) is 4.08. The summed E-state index contributed by atoms with van der Waals surface area (Å²) in [5.41, 5.74) is 2.30. The monoisotopic (exact) mass is 328 g/mol. The van der Waals surface area contributed by atoms with Crippen molar-refractivity contribution in [3.8, 4) is 0 Å². The maximum absolute atomic E-state index is 12.8. The lowest BCUT2D eigenvalue weighted by Gasteiger charge is -2.10. The molecule has 0 fully saturated rings. The number of hydrogen-bond acceptors (Lipinski definition) is 4. The van der Waals surface area contributed by atoms with E-state index in [1.165, 1.54) is 4.40 Å². The van der Waals surface area contributed by atoms with Crippen LogP contribution in [0.4, 0.5) is 0 Å². The summed E-state index contributed by atoms with van der Waals surface area (Å²) in [7, 11) is 3.20. The van der Waals surface area contributed by atoms with E-state index in [0.717, 1.165) is 12.0 Å². The second kappa shape index (κ2) is 6.45. The summed E-state index contributed by atoms with van der Waals surface area (Å²) in [6, 6.07) is 5.34. The molecule has 0 aromatic carbocycles. The number of amides is 1. The number of carbonyl (C=O) groups is 1. The van der Waals surface area contributed by atoms with Crippen LogP contribution in [0.25, 0.3) is 16.7 Å². The third-order valence-corrected chi connectivity index (χ3v) is 4.08. The Bertz CT molecular complexity index is 971. The number of methoxy groups -OCH3 is 1. The first-order valence-electron chi connectivity index (χ1n) is 7.80. The van der Waals surface area contributed by atoms with Gasteiger partial charge < -0.3 is 14.6 Å². The van der Waals surface area contributed by atoms with Crippen LogP contribution >= 0.6 is 0 Å². The molecule has 0 aliphatic carbocycles. The second-order valence-corrected chi connectivity index (χ2v) is 5.65. The molecule has 0 bridgehead atoms. The molecule has 0 aliphatic heterocycles. The minimum Gasteiger partial charge on any atom is -0.385 e. The molecule has 0 radical (unpaired) electrons. The number of nitrogens with one attached hydrogen (secondary N) is 1. The van der Waals surface area contributed by atoms with Gasteiger partial charge in [-0.25, -0.2) is 4.98 Å². The Morgan fingerprint density at radius 2 is 2.17 bits per heavy atom. The van der Waals surface area contributed by atoms with Gasteiger partial charge in [-0.15, -0.1) is 0 Å². The van der Waals surface area contributed by atoms with Crippen LogP contribution in [0.3, 0.4) is 0 Å². The molecule has 3 aromatic heterocycles. The van der Waals surface area contributed by atoms with Gasteiger partial charge in [0.25, 0.3) is 11.5 Å². The SMILES string of the molecule is CNC(=O)c1cc2c(=O)n3cccc(C)c3nc2n1CCCOC. The molecule has 7 heteroatoms. The Morgan fingerprint density at radius 1 is 1.38 bits per heavy atom. The van der Waals surface area contributed by atoms with Crippen molar-refractivity contribution in [2.75, 3.05) is 20.8 Å². The average Bonchev–Trinajstić information content (AvgIpc) is 2.95. The van der Waals surface area contributed by atoms with E-state index in [9.17, 15) is 9.59 Å². The lowest BCUT2D eigenvalue weighted by atomic mass is 10.3. The molecule has 126 valence electrons. The van der Waals surface area contributed by atoms with Gasteiger partial charge in [-0.05, 0) is 31.0 Å². The van der Waals surface area contributed by atoms with Crippen LogP contribution in [0.1, 0.15) is 22.5 Å². The number of ether oxygens (including phenoxy) is 1. The fourth-order valence-electron chi connectivity index (χ4n) is 2.87. The number of pyridine rings is 1. The average molecular weight is 328 g/mol. The largest absolute Gasteiger partial charge is 0.385 e. The molecule has 3 rings (SSSR count). The third kappa shape index (κ3) is 2.56. The molecule has 0 aliphatic rings. The molecule has 0 unspecified atom stereocenters. The number of aryl methyl sites for hydroxylation is 2. The molecule has 3 heterocycles.